The van der Waals surface area contributed by atoms with Crippen molar-refractivity contribution >= 4 is 5.97 Å². The van der Waals surface area contributed by atoms with Crippen molar-refractivity contribution in [2.75, 3.05) is 7.11 Å². The van der Waals surface area contributed by atoms with Crippen LogP contribution in [0.2, 0.25) is 0 Å². The van der Waals surface area contributed by atoms with Crippen LogP contribution in [0.15, 0.2) is 42.5 Å². The largest absolute Gasteiger partial charge is 0.466 e. The van der Waals surface area contributed by atoms with Crippen LogP contribution >= 0.6 is 0 Å². The fourth-order valence-electron chi connectivity index (χ4n) is 3.56. The van der Waals surface area contributed by atoms with Crippen LogP contribution in [0.1, 0.15) is 32.1 Å². The molecule has 0 saturated heterocycles. The molecule has 6 nitrogen and oxygen atoms in total. The lowest BCUT2D eigenvalue weighted by molar-refractivity contribution is -0.137. The summed E-state index contributed by atoms with van der Waals surface area (Å²) in [5.74, 6) is 0.628. The van der Waals surface area contributed by atoms with Gasteiger partial charge in [0.25, 0.3) is 0 Å². The summed E-state index contributed by atoms with van der Waals surface area (Å²) in [6.45, 7) is 4.50. The zero-order valence-corrected chi connectivity index (χ0v) is 14.6. The quantitative estimate of drug-likeness (QED) is 0.596. The van der Waals surface area contributed by atoms with Crippen molar-refractivity contribution in [1.29, 1.82) is 0 Å². The van der Waals surface area contributed by atoms with Gasteiger partial charge >= 0.3 is 5.97 Å². The molecule has 1 aromatic carbocycles. The molecule has 1 aliphatic rings. The Morgan fingerprint density at radius 1 is 1.28 bits per heavy atom. The molecule has 1 aromatic heterocycles. The average Bonchev–Trinajstić information content (AvgIpc) is 3.15. The number of hydrogen-bond acceptors (Lipinski definition) is 5. The maximum absolute atomic E-state index is 12.0. The summed E-state index contributed by atoms with van der Waals surface area (Å²) < 4.78 is 4.89. The van der Waals surface area contributed by atoms with E-state index >= 15 is 0 Å². The minimum Gasteiger partial charge on any atom is -0.466 e. The van der Waals surface area contributed by atoms with Crippen molar-refractivity contribution in [2.45, 2.75) is 38.6 Å². The van der Waals surface area contributed by atoms with Crippen LogP contribution in [0.5, 0.6) is 0 Å². The van der Waals surface area contributed by atoms with E-state index in [2.05, 4.69) is 22.0 Å². The molecule has 3 rings (SSSR count). The molecular formula is C19H24N4O2. The summed E-state index contributed by atoms with van der Waals surface area (Å²) in [5.41, 5.74) is 1.43. The Balaban J connectivity index is 1.79. The van der Waals surface area contributed by atoms with Crippen molar-refractivity contribution < 1.29 is 9.53 Å². The van der Waals surface area contributed by atoms with Gasteiger partial charge < -0.3 is 4.74 Å². The molecule has 0 radical (unpaired) electrons. The first-order chi connectivity index (χ1) is 12.2. The highest BCUT2D eigenvalue weighted by molar-refractivity contribution is 5.88. The van der Waals surface area contributed by atoms with Gasteiger partial charge in [0.15, 0.2) is 0 Å². The van der Waals surface area contributed by atoms with E-state index in [0.29, 0.717) is 23.9 Å². The molecule has 132 valence electrons. The standard InChI is InChI=1S/C19H24N4O2/c1-14(19(24)25-2)17(15-9-5-3-6-10-15)13-23-21-18(20-22-23)16-11-7-4-8-12-16/h4,7-8,11-12,15,17H,1,3,5-6,9-10,13H2,2H3/t17-/m1/s1. The average molecular weight is 340 g/mol. The molecule has 0 spiro atoms. The summed E-state index contributed by atoms with van der Waals surface area (Å²) >= 11 is 0. The van der Waals surface area contributed by atoms with Gasteiger partial charge in [-0.1, -0.05) is 56.2 Å². The predicted octanol–water partition coefficient (Wildman–Crippen LogP) is 3.27. The number of ether oxygens (including phenoxy) is 1. The third-order valence-electron chi connectivity index (χ3n) is 4.96. The van der Waals surface area contributed by atoms with Crippen LogP contribution in [0.4, 0.5) is 0 Å². The smallest absolute Gasteiger partial charge is 0.333 e. The molecule has 1 heterocycles. The zero-order valence-electron chi connectivity index (χ0n) is 14.6. The van der Waals surface area contributed by atoms with Gasteiger partial charge in [-0.15, -0.1) is 10.2 Å². The van der Waals surface area contributed by atoms with E-state index in [4.69, 9.17) is 4.74 Å². The number of tetrazole rings is 1. The number of esters is 1. The molecule has 0 aliphatic heterocycles. The maximum atomic E-state index is 12.0. The SMILES string of the molecule is C=C(C(=O)OC)[C@@H](Cn1nnc(-c2ccccc2)n1)C1CCCCC1. The fraction of sp³-hybridized carbons (Fsp3) is 0.474. The van der Waals surface area contributed by atoms with E-state index in [-0.39, 0.29) is 11.9 Å². The summed E-state index contributed by atoms with van der Waals surface area (Å²) in [5, 5.41) is 12.8. The van der Waals surface area contributed by atoms with Gasteiger partial charge in [-0.05, 0) is 24.0 Å². The van der Waals surface area contributed by atoms with E-state index in [0.717, 1.165) is 18.4 Å². The van der Waals surface area contributed by atoms with Gasteiger partial charge in [0.05, 0.1) is 13.7 Å². The lowest BCUT2D eigenvalue weighted by Crippen LogP contribution is -2.28. The number of carbonyl (C=O) groups is 1. The van der Waals surface area contributed by atoms with Crippen molar-refractivity contribution in [2.24, 2.45) is 11.8 Å². The molecule has 0 unspecified atom stereocenters. The molecule has 0 amide bonds. The second-order valence-corrected chi connectivity index (χ2v) is 6.56. The highest BCUT2D eigenvalue weighted by atomic mass is 16.5. The zero-order chi connectivity index (χ0) is 17.6. The Labute approximate surface area is 147 Å². The molecule has 2 aromatic rings. The Morgan fingerprint density at radius 3 is 2.68 bits per heavy atom. The van der Waals surface area contributed by atoms with E-state index in [1.165, 1.54) is 26.4 Å². The summed E-state index contributed by atoms with van der Waals surface area (Å²) in [6, 6.07) is 9.74. The number of hydrogen-bond donors (Lipinski definition) is 0. The van der Waals surface area contributed by atoms with E-state index in [1.807, 2.05) is 30.3 Å². The van der Waals surface area contributed by atoms with Crippen molar-refractivity contribution in [3.05, 3.63) is 42.5 Å². The molecule has 1 fully saturated rings. The topological polar surface area (TPSA) is 69.9 Å². The lowest BCUT2D eigenvalue weighted by atomic mass is 9.77. The van der Waals surface area contributed by atoms with Crippen LogP contribution in [-0.4, -0.2) is 33.3 Å². The Morgan fingerprint density at radius 2 is 2.00 bits per heavy atom. The number of benzene rings is 1. The summed E-state index contributed by atoms with van der Waals surface area (Å²) in [6.07, 6.45) is 5.83. The highest BCUT2D eigenvalue weighted by Crippen LogP contribution is 2.34. The van der Waals surface area contributed by atoms with Gasteiger partial charge in [0.2, 0.25) is 5.82 Å². The second kappa shape index (κ2) is 8.05. The van der Waals surface area contributed by atoms with Crippen LogP contribution < -0.4 is 0 Å². The Kier molecular flexibility index (Phi) is 5.58. The van der Waals surface area contributed by atoms with Crippen LogP contribution in [0, 0.1) is 11.8 Å². The number of methoxy groups -OCH3 is 1. The molecule has 0 bridgehead atoms. The third-order valence-corrected chi connectivity index (χ3v) is 4.96. The van der Waals surface area contributed by atoms with Crippen molar-refractivity contribution in [3.8, 4) is 11.4 Å². The third kappa shape index (κ3) is 4.13. The number of rotatable bonds is 6. The first-order valence-corrected chi connectivity index (χ1v) is 8.79. The van der Waals surface area contributed by atoms with Gasteiger partial charge in [-0.2, -0.15) is 4.80 Å². The lowest BCUT2D eigenvalue weighted by Gasteiger charge is -2.30. The molecule has 0 N–H and O–H groups in total. The molecule has 6 heteroatoms. The molecule has 1 saturated carbocycles. The maximum Gasteiger partial charge on any atom is 0.333 e. The van der Waals surface area contributed by atoms with E-state index in [9.17, 15) is 4.79 Å². The van der Waals surface area contributed by atoms with E-state index in [1.54, 1.807) is 4.80 Å². The predicted molar refractivity (Wildman–Crippen MR) is 94.5 cm³/mol. The minimum atomic E-state index is -0.348. The molecule has 1 atom stereocenters. The first kappa shape index (κ1) is 17.3. The van der Waals surface area contributed by atoms with Crippen LogP contribution in [-0.2, 0) is 16.1 Å². The van der Waals surface area contributed by atoms with Gasteiger partial charge in [-0.3, -0.25) is 0 Å². The van der Waals surface area contributed by atoms with Crippen molar-refractivity contribution in [3.63, 3.8) is 0 Å². The Bertz CT molecular complexity index is 720. The molecular weight excluding hydrogens is 316 g/mol. The second-order valence-electron chi connectivity index (χ2n) is 6.56. The number of nitrogens with zero attached hydrogens (tertiary/aromatic N) is 4. The van der Waals surface area contributed by atoms with Gasteiger partial charge in [-0.25, -0.2) is 4.79 Å². The van der Waals surface area contributed by atoms with Crippen LogP contribution in [0.3, 0.4) is 0 Å². The highest BCUT2D eigenvalue weighted by Gasteiger charge is 2.30. The van der Waals surface area contributed by atoms with Crippen molar-refractivity contribution in [1.82, 2.24) is 20.2 Å². The normalized spacial score (nSPS) is 16.4. The number of aromatic nitrogens is 4. The molecule has 25 heavy (non-hydrogen) atoms. The van der Waals surface area contributed by atoms with Crippen LogP contribution in [0.25, 0.3) is 11.4 Å². The summed E-state index contributed by atoms with van der Waals surface area (Å²) in [7, 11) is 1.40. The first-order valence-electron chi connectivity index (χ1n) is 8.79. The molecule has 1 aliphatic carbocycles. The van der Waals surface area contributed by atoms with Gasteiger partial charge in [0.1, 0.15) is 0 Å². The van der Waals surface area contributed by atoms with Gasteiger partial charge in [0, 0.05) is 17.1 Å². The van der Waals surface area contributed by atoms with E-state index < -0.39 is 0 Å². The Hall–Kier alpha value is -2.50. The monoisotopic (exact) mass is 340 g/mol. The number of carbonyl (C=O) groups excluding carboxylic acids is 1. The fourth-order valence-corrected chi connectivity index (χ4v) is 3.56. The minimum absolute atomic E-state index is 0.0226. The summed E-state index contributed by atoms with van der Waals surface area (Å²) in [4.78, 5) is 13.6.